The van der Waals surface area contributed by atoms with Gasteiger partial charge in [0, 0.05) is 11.0 Å². The van der Waals surface area contributed by atoms with E-state index >= 15 is 0 Å². The molecule has 176 valence electrons. The highest BCUT2D eigenvalue weighted by atomic mass is 35.5. The molecule has 0 aliphatic carbocycles. The Morgan fingerprint density at radius 2 is 1.69 bits per heavy atom. The summed E-state index contributed by atoms with van der Waals surface area (Å²) in [4.78, 5) is 17.6. The number of rotatable bonds is 6. The SMILES string of the molecule is COc1ccc(C2=C(c3ccc(OCc4ccc5ccccc5n4)cc3)C(=O)OC2(C)C)cc1Cl. The van der Waals surface area contributed by atoms with E-state index in [0.29, 0.717) is 28.7 Å². The van der Waals surface area contributed by atoms with Gasteiger partial charge in [-0.05, 0) is 61.4 Å². The highest BCUT2D eigenvalue weighted by Gasteiger charge is 2.41. The third-order valence-corrected chi connectivity index (χ3v) is 6.33. The van der Waals surface area contributed by atoms with Crippen molar-refractivity contribution in [2.75, 3.05) is 7.11 Å². The summed E-state index contributed by atoms with van der Waals surface area (Å²) in [5.41, 5.74) is 3.82. The van der Waals surface area contributed by atoms with Crippen LogP contribution in [0.15, 0.2) is 78.9 Å². The second-order valence-electron chi connectivity index (χ2n) is 8.81. The van der Waals surface area contributed by atoms with E-state index < -0.39 is 5.60 Å². The van der Waals surface area contributed by atoms with Crippen molar-refractivity contribution < 1.29 is 19.0 Å². The van der Waals surface area contributed by atoms with Crippen LogP contribution in [0.1, 0.15) is 30.7 Å². The number of fused-ring (bicyclic) bond motifs is 1. The van der Waals surface area contributed by atoms with Gasteiger partial charge in [0.15, 0.2) is 0 Å². The highest BCUT2D eigenvalue weighted by Crippen LogP contribution is 2.45. The van der Waals surface area contributed by atoms with E-state index in [0.717, 1.165) is 33.3 Å². The maximum Gasteiger partial charge on any atom is 0.340 e. The number of pyridine rings is 1. The summed E-state index contributed by atoms with van der Waals surface area (Å²) >= 11 is 6.37. The molecule has 5 rings (SSSR count). The molecule has 0 spiro atoms. The fourth-order valence-corrected chi connectivity index (χ4v) is 4.63. The molecule has 0 amide bonds. The predicted octanol–water partition coefficient (Wildman–Crippen LogP) is 6.72. The number of benzene rings is 3. The summed E-state index contributed by atoms with van der Waals surface area (Å²) in [7, 11) is 1.57. The van der Waals surface area contributed by atoms with Gasteiger partial charge in [-0.3, -0.25) is 0 Å². The molecule has 1 aromatic heterocycles. The number of carbonyl (C=O) groups excluding carboxylic acids is 1. The van der Waals surface area contributed by atoms with Crippen LogP contribution in [0.3, 0.4) is 0 Å². The first-order valence-electron chi connectivity index (χ1n) is 11.3. The minimum Gasteiger partial charge on any atom is -0.495 e. The first-order chi connectivity index (χ1) is 16.9. The smallest absolute Gasteiger partial charge is 0.340 e. The number of nitrogens with zero attached hydrogens (tertiary/aromatic N) is 1. The molecule has 0 N–H and O–H groups in total. The third-order valence-electron chi connectivity index (χ3n) is 6.03. The fourth-order valence-electron chi connectivity index (χ4n) is 4.38. The lowest BCUT2D eigenvalue weighted by Gasteiger charge is -2.22. The first kappa shape index (κ1) is 22.9. The van der Waals surface area contributed by atoms with Gasteiger partial charge in [-0.2, -0.15) is 0 Å². The molecule has 0 atom stereocenters. The van der Waals surface area contributed by atoms with Gasteiger partial charge < -0.3 is 14.2 Å². The Kier molecular flexibility index (Phi) is 5.95. The van der Waals surface area contributed by atoms with Crippen molar-refractivity contribution in [1.82, 2.24) is 4.98 Å². The van der Waals surface area contributed by atoms with Crippen molar-refractivity contribution in [2.24, 2.45) is 0 Å². The molecule has 5 nitrogen and oxygen atoms in total. The fraction of sp³-hybridized carbons (Fsp3) is 0.172. The average molecular weight is 486 g/mol. The van der Waals surface area contributed by atoms with Crippen LogP contribution in [-0.2, 0) is 16.1 Å². The molecular weight excluding hydrogens is 462 g/mol. The van der Waals surface area contributed by atoms with Crippen molar-refractivity contribution in [3.63, 3.8) is 0 Å². The van der Waals surface area contributed by atoms with Gasteiger partial charge in [-0.25, -0.2) is 9.78 Å². The zero-order chi connectivity index (χ0) is 24.6. The summed E-state index contributed by atoms with van der Waals surface area (Å²) < 4.78 is 16.9. The standard InChI is InChI=1S/C29H24ClNO4/c1-29(2)27(20-11-15-25(33-3)23(30)16-20)26(28(32)35-29)19-9-13-22(14-10-19)34-17-21-12-8-18-6-4-5-7-24(18)31-21/h4-16H,17H2,1-3H3. The number of ether oxygens (including phenoxy) is 3. The van der Waals surface area contributed by atoms with Gasteiger partial charge in [0.25, 0.3) is 0 Å². The molecule has 2 heterocycles. The molecule has 0 radical (unpaired) electrons. The van der Waals surface area contributed by atoms with E-state index in [1.54, 1.807) is 19.2 Å². The Morgan fingerprint density at radius 1 is 0.943 bits per heavy atom. The topological polar surface area (TPSA) is 57.7 Å². The molecule has 0 unspecified atom stereocenters. The van der Waals surface area contributed by atoms with Gasteiger partial charge in [0.05, 0.1) is 28.9 Å². The summed E-state index contributed by atoms with van der Waals surface area (Å²) in [5, 5.41) is 1.56. The van der Waals surface area contributed by atoms with E-state index in [1.165, 1.54) is 0 Å². The van der Waals surface area contributed by atoms with Crippen molar-refractivity contribution in [3.05, 3.63) is 101 Å². The Morgan fingerprint density at radius 3 is 2.43 bits per heavy atom. The number of cyclic esters (lactones) is 1. The maximum absolute atomic E-state index is 12.9. The van der Waals surface area contributed by atoms with E-state index in [9.17, 15) is 4.79 Å². The van der Waals surface area contributed by atoms with Crippen LogP contribution in [0.5, 0.6) is 11.5 Å². The second-order valence-corrected chi connectivity index (χ2v) is 9.21. The Balaban J connectivity index is 1.42. The van der Waals surface area contributed by atoms with Crippen LogP contribution in [0, 0.1) is 0 Å². The largest absolute Gasteiger partial charge is 0.495 e. The molecule has 35 heavy (non-hydrogen) atoms. The number of aromatic nitrogens is 1. The number of methoxy groups -OCH3 is 1. The van der Waals surface area contributed by atoms with E-state index in [-0.39, 0.29) is 5.97 Å². The zero-order valence-electron chi connectivity index (χ0n) is 19.7. The highest BCUT2D eigenvalue weighted by molar-refractivity contribution is 6.33. The van der Waals surface area contributed by atoms with E-state index in [1.807, 2.05) is 80.6 Å². The second kappa shape index (κ2) is 9.08. The Hall–Kier alpha value is -3.83. The number of hydrogen-bond acceptors (Lipinski definition) is 5. The first-order valence-corrected chi connectivity index (χ1v) is 11.6. The van der Waals surface area contributed by atoms with E-state index in [2.05, 4.69) is 4.98 Å². The minimum atomic E-state index is -0.804. The molecule has 1 aliphatic heterocycles. The minimum absolute atomic E-state index is 0.345. The molecule has 0 fully saturated rings. The molecule has 3 aromatic carbocycles. The van der Waals surface area contributed by atoms with Crippen molar-refractivity contribution >= 4 is 39.6 Å². The predicted molar refractivity (Wildman–Crippen MR) is 138 cm³/mol. The number of carbonyl (C=O) groups is 1. The molecule has 0 saturated heterocycles. The normalized spacial score (nSPS) is 14.8. The molecule has 4 aromatic rings. The van der Waals surface area contributed by atoms with Gasteiger partial charge in [0.2, 0.25) is 0 Å². The third kappa shape index (κ3) is 4.47. The number of hydrogen-bond donors (Lipinski definition) is 0. The molecular formula is C29H24ClNO4. The van der Waals surface area contributed by atoms with Gasteiger partial charge in [-0.1, -0.05) is 54.1 Å². The van der Waals surface area contributed by atoms with Crippen LogP contribution in [0.25, 0.3) is 22.0 Å². The van der Waals surface area contributed by atoms with Crippen LogP contribution >= 0.6 is 11.6 Å². The van der Waals surface area contributed by atoms with Gasteiger partial charge in [0.1, 0.15) is 23.7 Å². The summed E-state index contributed by atoms with van der Waals surface area (Å²) in [5.74, 6) is 0.887. The van der Waals surface area contributed by atoms with Crippen molar-refractivity contribution in [2.45, 2.75) is 26.1 Å². The van der Waals surface area contributed by atoms with Crippen LogP contribution in [0.4, 0.5) is 0 Å². The van der Waals surface area contributed by atoms with Crippen LogP contribution < -0.4 is 9.47 Å². The lowest BCUT2D eigenvalue weighted by Crippen LogP contribution is -2.22. The lowest BCUT2D eigenvalue weighted by atomic mass is 9.87. The summed E-state index contributed by atoms with van der Waals surface area (Å²) in [6.07, 6.45) is 0. The zero-order valence-corrected chi connectivity index (χ0v) is 20.4. The number of para-hydroxylation sites is 1. The van der Waals surface area contributed by atoms with Crippen LogP contribution in [-0.4, -0.2) is 23.7 Å². The van der Waals surface area contributed by atoms with Gasteiger partial charge in [-0.15, -0.1) is 0 Å². The van der Waals surface area contributed by atoms with Gasteiger partial charge >= 0.3 is 5.97 Å². The molecule has 0 bridgehead atoms. The Bertz CT molecular complexity index is 1460. The molecule has 6 heteroatoms. The average Bonchev–Trinajstić information content (AvgIpc) is 3.10. The Labute approximate surface area is 208 Å². The van der Waals surface area contributed by atoms with Crippen LogP contribution in [0.2, 0.25) is 5.02 Å². The number of esters is 1. The summed E-state index contributed by atoms with van der Waals surface area (Å²) in [6, 6.07) is 24.9. The monoisotopic (exact) mass is 485 g/mol. The lowest BCUT2D eigenvalue weighted by molar-refractivity contribution is -0.141. The maximum atomic E-state index is 12.9. The number of halogens is 1. The van der Waals surface area contributed by atoms with Crippen molar-refractivity contribution in [3.8, 4) is 11.5 Å². The van der Waals surface area contributed by atoms with E-state index in [4.69, 9.17) is 25.8 Å². The van der Waals surface area contributed by atoms with Crippen molar-refractivity contribution in [1.29, 1.82) is 0 Å². The molecule has 0 saturated carbocycles. The molecule has 1 aliphatic rings. The summed E-state index contributed by atoms with van der Waals surface area (Å²) in [6.45, 7) is 4.09. The quantitative estimate of drug-likeness (QED) is 0.284.